The first-order valence-corrected chi connectivity index (χ1v) is 7.36. The molecule has 0 unspecified atom stereocenters. The summed E-state index contributed by atoms with van der Waals surface area (Å²) in [6.07, 6.45) is 0. The average Bonchev–Trinajstić information content (AvgIpc) is 2.49. The van der Waals surface area contributed by atoms with E-state index >= 15 is 0 Å². The van der Waals surface area contributed by atoms with E-state index in [0.29, 0.717) is 25.2 Å². The second-order valence-electron chi connectivity index (χ2n) is 6.26. The molecule has 0 spiro atoms. The number of carbonyl (C=O) groups excluding carboxylic acids is 1. The molecule has 1 aromatic rings. The predicted molar refractivity (Wildman–Crippen MR) is 81.7 cm³/mol. The van der Waals surface area contributed by atoms with Gasteiger partial charge in [0.25, 0.3) is 5.91 Å². The van der Waals surface area contributed by atoms with Gasteiger partial charge in [-0.25, -0.2) is 4.39 Å². The van der Waals surface area contributed by atoms with Crippen molar-refractivity contribution in [3.8, 4) is 0 Å². The minimum absolute atomic E-state index is 0.0517. The van der Waals surface area contributed by atoms with Crippen LogP contribution in [-0.2, 0) is 0 Å². The van der Waals surface area contributed by atoms with Gasteiger partial charge in [-0.15, -0.1) is 0 Å². The maximum atomic E-state index is 13.3. The van der Waals surface area contributed by atoms with Crippen molar-refractivity contribution >= 4 is 5.91 Å². The molecule has 1 aromatic carbocycles. The van der Waals surface area contributed by atoms with Gasteiger partial charge in [0.1, 0.15) is 5.82 Å². The number of halogens is 1. The Hall–Kier alpha value is -1.46. The summed E-state index contributed by atoms with van der Waals surface area (Å²) in [7, 11) is 0. The summed E-state index contributed by atoms with van der Waals surface area (Å²) in [6.45, 7) is 9.54. The number of rotatable bonds is 3. The van der Waals surface area contributed by atoms with E-state index < -0.39 is 0 Å². The minimum Gasteiger partial charge on any atom is -0.336 e. The summed E-state index contributed by atoms with van der Waals surface area (Å²) < 4.78 is 13.3. The molecule has 21 heavy (non-hydrogen) atoms. The first-order chi connectivity index (χ1) is 9.85. The lowest BCUT2D eigenvalue weighted by molar-refractivity contribution is 0.0425. The van der Waals surface area contributed by atoms with Crippen LogP contribution in [0.25, 0.3) is 0 Å². The van der Waals surface area contributed by atoms with E-state index in [2.05, 4.69) is 18.7 Å². The highest BCUT2D eigenvalue weighted by molar-refractivity contribution is 5.95. The third-order valence-corrected chi connectivity index (χ3v) is 4.35. The Labute approximate surface area is 125 Å². The van der Waals surface area contributed by atoms with Gasteiger partial charge in [0, 0.05) is 43.8 Å². The number of hydrogen-bond acceptors (Lipinski definition) is 3. The molecule has 1 saturated heterocycles. The molecule has 0 saturated carbocycles. The van der Waals surface area contributed by atoms with Gasteiger partial charge in [0.15, 0.2) is 0 Å². The van der Waals surface area contributed by atoms with Crippen LogP contribution in [0.15, 0.2) is 18.2 Å². The van der Waals surface area contributed by atoms with Crippen molar-refractivity contribution in [2.75, 3.05) is 32.7 Å². The molecule has 0 bridgehead atoms. The quantitative estimate of drug-likeness (QED) is 0.921. The molecule has 2 rings (SSSR count). The molecule has 2 N–H and O–H groups in total. The van der Waals surface area contributed by atoms with Crippen LogP contribution < -0.4 is 5.73 Å². The lowest BCUT2D eigenvalue weighted by Crippen LogP contribution is -2.58. The van der Waals surface area contributed by atoms with Gasteiger partial charge in [-0.05, 0) is 38.5 Å². The van der Waals surface area contributed by atoms with Gasteiger partial charge in [-0.3, -0.25) is 9.69 Å². The van der Waals surface area contributed by atoms with Gasteiger partial charge in [-0.1, -0.05) is 6.07 Å². The average molecular weight is 293 g/mol. The summed E-state index contributed by atoms with van der Waals surface area (Å²) in [5.41, 5.74) is 7.01. The first kappa shape index (κ1) is 15.9. The van der Waals surface area contributed by atoms with Crippen molar-refractivity contribution in [1.29, 1.82) is 0 Å². The standard InChI is InChI=1S/C16H24FN3O/c1-12-4-5-13(17)10-14(12)15(21)19-6-8-20(9-7-19)16(2,3)11-18/h4-5,10H,6-9,11,18H2,1-3H3. The molecule has 1 aliphatic heterocycles. The van der Waals surface area contributed by atoms with Crippen molar-refractivity contribution in [1.82, 2.24) is 9.80 Å². The highest BCUT2D eigenvalue weighted by Gasteiger charge is 2.30. The lowest BCUT2D eigenvalue weighted by Gasteiger charge is -2.43. The number of hydrogen-bond donors (Lipinski definition) is 1. The topological polar surface area (TPSA) is 49.6 Å². The van der Waals surface area contributed by atoms with E-state index in [1.165, 1.54) is 12.1 Å². The predicted octanol–water partition coefficient (Wildman–Crippen LogP) is 1.63. The fourth-order valence-corrected chi connectivity index (χ4v) is 2.64. The summed E-state index contributed by atoms with van der Waals surface area (Å²) in [6, 6.07) is 4.36. The molecule has 5 heteroatoms. The Morgan fingerprint density at radius 1 is 1.29 bits per heavy atom. The Kier molecular flexibility index (Phi) is 4.64. The highest BCUT2D eigenvalue weighted by atomic mass is 19.1. The van der Waals surface area contributed by atoms with E-state index in [4.69, 9.17) is 5.73 Å². The number of nitrogens with zero attached hydrogens (tertiary/aromatic N) is 2. The third kappa shape index (κ3) is 3.41. The van der Waals surface area contributed by atoms with Gasteiger partial charge in [-0.2, -0.15) is 0 Å². The zero-order valence-electron chi connectivity index (χ0n) is 13.0. The van der Waals surface area contributed by atoms with E-state index in [-0.39, 0.29) is 17.3 Å². The zero-order chi connectivity index (χ0) is 15.6. The van der Waals surface area contributed by atoms with Gasteiger partial charge < -0.3 is 10.6 Å². The van der Waals surface area contributed by atoms with E-state index in [0.717, 1.165) is 18.7 Å². The van der Waals surface area contributed by atoms with E-state index in [1.54, 1.807) is 11.0 Å². The summed E-state index contributed by atoms with van der Waals surface area (Å²) in [4.78, 5) is 16.6. The molecular weight excluding hydrogens is 269 g/mol. The van der Waals surface area contributed by atoms with Crippen molar-refractivity contribution in [3.05, 3.63) is 35.1 Å². The van der Waals surface area contributed by atoms with Gasteiger partial charge in [0.05, 0.1) is 0 Å². The molecule has 116 valence electrons. The van der Waals surface area contributed by atoms with Crippen LogP contribution in [0, 0.1) is 12.7 Å². The lowest BCUT2D eigenvalue weighted by atomic mass is 10.0. The van der Waals surface area contributed by atoms with Crippen LogP contribution in [0.1, 0.15) is 29.8 Å². The second-order valence-corrected chi connectivity index (χ2v) is 6.26. The highest BCUT2D eigenvalue weighted by Crippen LogP contribution is 2.18. The first-order valence-electron chi connectivity index (χ1n) is 7.36. The van der Waals surface area contributed by atoms with Crippen molar-refractivity contribution in [3.63, 3.8) is 0 Å². The normalized spacial score (nSPS) is 17.1. The third-order valence-electron chi connectivity index (χ3n) is 4.35. The maximum Gasteiger partial charge on any atom is 0.254 e. The fourth-order valence-electron chi connectivity index (χ4n) is 2.64. The fraction of sp³-hybridized carbons (Fsp3) is 0.562. The van der Waals surface area contributed by atoms with Gasteiger partial charge in [0.2, 0.25) is 0 Å². The number of amides is 1. The smallest absolute Gasteiger partial charge is 0.254 e. The number of piperazine rings is 1. The minimum atomic E-state index is -0.369. The van der Waals surface area contributed by atoms with Crippen LogP contribution in [0.3, 0.4) is 0 Å². The Bertz CT molecular complexity index is 522. The molecule has 0 aliphatic carbocycles. The van der Waals surface area contributed by atoms with Crippen molar-refractivity contribution < 1.29 is 9.18 Å². The summed E-state index contributed by atoms with van der Waals surface area (Å²) in [5, 5.41) is 0. The second kappa shape index (κ2) is 6.12. The SMILES string of the molecule is Cc1ccc(F)cc1C(=O)N1CCN(C(C)(C)CN)CC1. The molecule has 0 atom stereocenters. The molecule has 0 radical (unpaired) electrons. The maximum absolute atomic E-state index is 13.3. The van der Waals surface area contributed by atoms with Crippen molar-refractivity contribution in [2.45, 2.75) is 26.3 Å². The number of benzene rings is 1. The Morgan fingerprint density at radius 3 is 2.48 bits per heavy atom. The van der Waals surface area contributed by atoms with Crippen molar-refractivity contribution in [2.24, 2.45) is 5.73 Å². The van der Waals surface area contributed by atoms with Crippen LogP contribution in [0.4, 0.5) is 4.39 Å². The molecule has 1 heterocycles. The molecular formula is C16H24FN3O. The van der Waals surface area contributed by atoms with Crippen LogP contribution in [0.5, 0.6) is 0 Å². The summed E-state index contributed by atoms with van der Waals surface area (Å²) in [5.74, 6) is -0.455. The van der Waals surface area contributed by atoms with E-state index in [9.17, 15) is 9.18 Å². The van der Waals surface area contributed by atoms with Crippen LogP contribution in [-0.4, -0.2) is 54.0 Å². The van der Waals surface area contributed by atoms with Crippen LogP contribution >= 0.6 is 0 Å². The largest absolute Gasteiger partial charge is 0.336 e. The zero-order valence-corrected chi connectivity index (χ0v) is 13.0. The Morgan fingerprint density at radius 2 is 1.90 bits per heavy atom. The molecule has 1 fully saturated rings. The van der Waals surface area contributed by atoms with Crippen LogP contribution in [0.2, 0.25) is 0 Å². The molecule has 1 amide bonds. The monoisotopic (exact) mass is 293 g/mol. The number of nitrogens with two attached hydrogens (primary N) is 1. The molecule has 1 aliphatic rings. The van der Waals surface area contributed by atoms with Gasteiger partial charge >= 0.3 is 0 Å². The molecule has 0 aromatic heterocycles. The molecule has 4 nitrogen and oxygen atoms in total. The summed E-state index contributed by atoms with van der Waals surface area (Å²) >= 11 is 0. The van der Waals surface area contributed by atoms with E-state index in [1.807, 2.05) is 6.92 Å². The Balaban J connectivity index is 2.05. The number of carbonyl (C=O) groups is 1. The number of aryl methyl sites for hydroxylation is 1.